The maximum Gasteiger partial charge on any atom is 0.228 e. The monoisotopic (exact) mass is 344 g/mol. The van der Waals surface area contributed by atoms with Crippen LogP contribution in [0.2, 0.25) is 0 Å². The fourth-order valence-electron chi connectivity index (χ4n) is 2.60. The van der Waals surface area contributed by atoms with E-state index in [9.17, 15) is 4.79 Å². The molecule has 1 fully saturated rings. The Bertz CT molecular complexity index is 675. The number of benzene rings is 2. The van der Waals surface area contributed by atoms with Gasteiger partial charge >= 0.3 is 0 Å². The molecule has 0 spiro atoms. The van der Waals surface area contributed by atoms with Crippen molar-refractivity contribution < 1.29 is 9.53 Å². The Morgan fingerprint density at radius 2 is 1.95 bits per heavy atom. The van der Waals surface area contributed by atoms with Gasteiger partial charge < -0.3 is 4.74 Å². The van der Waals surface area contributed by atoms with Crippen LogP contribution in [0.1, 0.15) is 45.8 Å². The van der Waals surface area contributed by atoms with E-state index in [-0.39, 0.29) is 4.69 Å². The van der Waals surface area contributed by atoms with Crippen LogP contribution in [0.15, 0.2) is 42.5 Å². The van der Waals surface area contributed by atoms with Gasteiger partial charge in [-0.05, 0) is 58.8 Å². The Labute approximate surface area is 133 Å². The third-order valence-corrected chi connectivity index (χ3v) is 4.33. The molecule has 0 heterocycles. The lowest BCUT2D eigenvalue weighted by Gasteiger charge is -2.15. The molecule has 0 unspecified atom stereocenters. The van der Waals surface area contributed by atoms with Crippen molar-refractivity contribution in [1.82, 2.24) is 0 Å². The summed E-state index contributed by atoms with van der Waals surface area (Å²) < 4.78 is 5.88. The molecule has 21 heavy (non-hydrogen) atoms. The summed E-state index contributed by atoms with van der Waals surface area (Å²) in [7, 11) is 0. The third-order valence-electron chi connectivity index (χ3n) is 3.91. The fourth-order valence-corrected chi connectivity index (χ4v) is 2.97. The van der Waals surface area contributed by atoms with Crippen molar-refractivity contribution in [2.45, 2.75) is 32.3 Å². The number of carbonyl (C=O) groups excluding carboxylic acids is 1. The number of rotatable bonds is 5. The van der Waals surface area contributed by atoms with Crippen molar-refractivity contribution in [3.63, 3.8) is 0 Å². The lowest BCUT2D eigenvalue weighted by Crippen LogP contribution is -2.06. The van der Waals surface area contributed by atoms with E-state index in [1.807, 2.05) is 43.3 Å². The molecular weight excluding hydrogens is 328 g/mol. The molecule has 108 valence electrons. The van der Waals surface area contributed by atoms with E-state index in [4.69, 9.17) is 4.74 Å². The lowest BCUT2D eigenvalue weighted by atomic mass is 9.99. The lowest BCUT2D eigenvalue weighted by molar-refractivity contribution is 0.109. The highest BCUT2D eigenvalue weighted by Gasteiger charge is 2.28. The van der Waals surface area contributed by atoms with Crippen molar-refractivity contribution >= 4 is 20.6 Å². The standard InChI is InChI=1S/C18H17BrO2/c1-12-5-2-3-8-17(12)21-11-16-14(13-9-10-13)6-4-7-15(16)18(19)20/h2-8,13H,9-11H2,1H3. The van der Waals surface area contributed by atoms with Gasteiger partial charge in [-0.3, -0.25) is 4.79 Å². The molecule has 0 bridgehead atoms. The number of hydrogen-bond acceptors (Lipinski definition) is 2. The number of hydrogen-bond donors (Lipinski definition) is 0. The van der Waals surface area contributed by atoms with Crippen LogP contribution in [0, 0.1) is 6.92 Å². The number of carbonyl (C=O) groups is 1. The molecule has 3 heteroatoms. The second-order valence-electron chi connectivity index (χ2n) is 5.48. The maximum absolute atomic E-state index is 11.8. The average Bonchev–Trinajstić information content (AvgIpc) is 3.30. The topological polar surface area (TPSA) is 26.3 Å². The Balaban J connectivity index is 1.90. The highest BCUT2D eigenvalue weighted by Crippen LogP contribution is 2.42. The highest BCUT2D eigenvalue weighted by molar-refractivity contribution is 9.18. The van der Waals surface area contributed by atoms with E-state index < -0.39 is 0 Å². The molecule has 0 radical (unpaired) electrons. The molecule has 0 amide bonds. The van der Waals surface area contributed by atoms with Gasteiger partial charge in [-0.2, -0.15) is 0 Å². The molecular formula is C18H17BrO2. The minimum absolute atomic E-state index is 0.0756. The second kappa shape index (κ2) is 6.02. The summed E-state index contributed by atoms with van der Waals surface area (Å²) >= 11 is 3.08. The predicted molar refractivity (Wildman–Crippen MR) is 87.2 cm³/mol. The van der Waals surface area contributed by atoms with Crippen molar-refractivity contribution in [1.29, 1.82) is 0 Å². The van der Waals surface area contributed by atoms with E-state index in [0.29, 0.717) is 18.1 Å². The van der Waals surface area contributed by atoms with E-state index in [1.165, 1.54) is 18.4 Å². The first-order chi connectivity index (χ1) is 10.2. The SMILES string of the molecule is Cc1ccccc1OCc1c(C(=O)Br)cccc1C1CC1. The first kappa shape index (κ1) is 14.3. The summed E-state index contributed by atoms with van der Waals surface area (Å²) in [5, 5.41) is 0. The number of para-hydroxylation sites is 1. The minimum Gasteiger partial charge on any atom is -0.489 e. The van der Waals surface area contributed by atoms with Gasteiger partial charge in [0.05, 0.1) is 0 Å². The van der Waals surface area contributed by atoms with E-state index in [1.54, 1.807) is 0 Å². The normalized spacial score (nSPS) is 14.0. The quantitative estimate of drug-likeness (QED) is 0.714. The molecule has 0 saturated heterocycles. The zero-order chi connectivity index (χ0) is 14.8. The van der Waals surface area contributed by atoms with Gasteiger partial charge in [-0.15, -0.1) is 0 Å². The molecule has 2 aromatic rings. The maximum atomic E-state index is 11.8. The summed E-state index contributed by atoms with van der Waals surface area (Å²) in [5.74, 6) is 1.46. The molecule has 0 aliphatic heterocycles. The van der Waals surface area contributed by atoms with Gasteiger partial charge in [0, 0.05) is 11.1 Å². The molecule has 0 atom stereocenters. The third kappa shape index (κ3) is 3.18. The van der Waals surface area contributed by atoms with Crippen LogP contribution in [0.4, 0.5) is 0 Å². The zero-order valence-electron chi connectivity index (χ0n) is 11.9. The van der Waals surface area contributed by atoms with Crippen molar-refractivity contribution in [2.75, 3.05) is 0 Å². The highest BCUT2D eigenvalue weighted by atomic mass is 79.9. The van der Waals surface area contributed by atoms with Crippen molar-refractivity contribution in [2.24, 2.45) is 0 Å². The molecule has 1 saturated carbocycles. The second-order valence-corrected chi connectivity index (χ2v) is 6.20. The Kier molecular flexibility index (Phi) is 4.11. The Morgan fingerprint density at radius 3 is 2.62 bits per heavy atom. The number of aryl methyl sites for hydroxylation is 1. The largest absolute Gasteiger partial charge is 0.489 e. The fraction of sp³-hybridized carbons (Fsp3) is 0.278. The van der Waals surface area contributed by atoms with Crippen LogP contribution >= 0.6 is 15.9 Å². The predicted octanol–water partition coefficient (Wildman–Crippen LogP) is 4.99. The van der Waals surface area contributed by atoms with E-state index in [0.717, 1.165) is 16.9 Å². The molecule has 0 aromatic heterocycles. The van der Waals surface area contributed by atoms with E-state index in [2.05, 4.69) is 22.0 Å². The van der Waals surface area contributed by atoms with Gasteiger partial charge in [0.1, 0.15) is 12.4 Å². The molecule has 1 aliphatic rings. The number of ether oxygens (including phenoxy) is 1. The molecule has 2 nitrogen and oxygen atoms in total. The van der Waals surface area contributed by atoms with Crippen LogP contribution < -0.4 is 4.74 Å². The summed E-state index contributed by atoms with van der Waals surface area (Å²) in [6, 6.07) is 13.9. The first-order valence-corrected chi connectivity index (χ1v) is 7.96. The summed E-state index contributed by atoms with van der Waals surface area (Å²) in [5.41, 5.74) is 4.10. The zero-order valence-corrected chi connectivity index (χ0v) is 13.5. The summed E-state index contributed by atoms with van der Waals surface area (Å²) in [6.07, 6.45) is 2.41. The van der Waals surface area contributed by atoms with Gasteiger partial charge in [-0.25, -0.2) is 0 Å². The average molecular weight is 345 g/mol. The van der Waals surface area contributed by atoms with Crippen LogP contribution in [0.3, 0.4) is 0 Å². The Morgan fingerprint density at radius 1 is 1.19 bits per heavy atom. The van der Waals surface area contributed by atoms with Crippen molar-refractivity contribution in [3.8, 4) is 5.75 Å². The van der Waals surface area contributed by atoms with Crippen molar-refractivity contribution in [3.05, 3.63) is 64.7 Å². The van der Waals surface area contributed by atoms with Gasteiger partial charge in [0.2, 0.25) is 4.69 Å². The molecule has 2 aromatic carbocycles. The van der Waals surface area contributed by atoms with Gasteiger partial charge in [-0.1, -0.05) is 36.4 Å². The molecule has 0 N–H and O–H groups in total. The molecule has 1 aliphatic carbocycles. The summed E-state index contributed by atoms with van der Waals surface area (Å²) in [4.78, 5) is 11.8. The van der Waals surface area contributed by atoms with Gasteiger partial charge in [0.25, 0.3) is 0 Å². The number of halogens is 1. The van der Waals surface area contributed by atoms with Crippen LogP contribution in [-0.2, 0) is 6.61 Å². The van der Waals surface area contributed by atoms with E-state index >= 15 is 0 Å². The van der Waals surface area contributed by atoms with Crippen LogP contribution in [-0.4, -0.2) is 4.69 Å². The van der Waals surface area contributed by atoms with Crippen LogP contribution in [0.25, 0.3) is 0 Å². The smallest absolute Gasteiger partial charge is 0.228 e. The summed E-state index contributed by atoms with van der Waals surface area (Å²) in [6.45, 7) is 2.46. The first-order valence-electron chi connectivity index (χ1n) is 7.17. The minimum atomic E-state index is -0.0756. The van der Waals surface area contributed by atoms with Gasteiger partial charge in [0.15, 0.2) is 0 Å². The Hall–Kier alpha value is -1.61. The molecule has 3 rings (SSSR count). The van der Waals surface area contributed by atoms with Crippen LogP contribution in [0.5, 0.6) is 5.75 Å².